The molecule has 296 valence electrons. The second kappa shape index (κ2) is 11.2. The molecule has 0 bridgehead atoms. The van der Waals surface area contributed by atoms with Crippen LogP contribution in [0.5, 0.6) is 0 Å². The quantitative estimate of drug-likeness (QED) is 0.154. The Morgan fingerprint density at radius 3 is 2.02 bits per heavy atom. The van der Waals surface area contributed by atoms with Crippen LogP contribution in [-0.4, -0.2) is 11.4 Å². The van der Waals surface area contributed by atoms with E-state index in [-0.39, 0.29) is 23.1 Å². The average molecular weight is 797 g/mol. The van der Waals surface area contributed by atoms with Crippen molar-refractivity contribution in [1.29, 1.82) is 0 Å². The van der Waals surface area contributed by atoms with Gasteiger partial charge in [0.2, 0.25) is 0 Å². The van der Waals surface area contributed by atoms with Crippen molar-refractivity contribution < 1.29 is 4.42 Å². The zero-order valence-corrected chi connectivity index (χ0v) is 36.2. The van der Waals surface area contributed by atoms with Gasteiger partial charge in [-0.25, -0.2) is 0 Å². The lowest BCUT2D eigenvalue weighted by Gasteiger charge is -2.42. The van der Waals surface area contributed by atoms with Crippen molar-refractivity contribution in [2.75, 3.05) is 4.81 Å². The molecule has 8 aromatic carbocycles. The largest absolute Gasteiger partial charge is 0.456 e. The lowest BCUT2D eigenvalue weighted by Crippen LogP contribution is -2.60. The van der Waals surface area contributed by atoms with Crippen LogP contribution in [0.25, 0.3) is 82.8 Å². The molecule has 0 spiro atoms. The SMILES string of the molecule is CC(C)(C)c1ccc(N2B3c4cc5c(cc4-n4c6ccc7c(c6c6ccc(c3c64)-c3cc4c(cc32)C(C)(C)c2ccccc2-4)-c2ccccc2C7(C)C)oc2ccccc25)cc1. The highest BCUT2D eigenvalue weighted by Crippen LogP contribution is 2.57. The van der Waals surface area contributed by atoms with Crippen LogP contribution in [0, 0.1) is 0 Å². The van der Waals surface area contributed by atoms with Crippen LogP contribution < -0.4 is 15.7 Å². The molecular weight excluding hydrogens is 751 g/mol. The Bertz CT molecular complexity index is 3680. The van der Waals surface area contributed by atoms with Crippen LogP contribution in [0.2, 0.25) is 0 Å². The Labute approximate surface area is 362 Å². The van der Waals surface area contributed by atoms with Gasteiger partial charge in [-0.3, -0.25) is 0 Å². The lowest BCUT2D eigenvalue weighted by molar-refractivity contribution is 0.590. The molecule has 0 amide bonds. The fraction of sp³-hybridized carbons (Fsp3) is 0.172. The minimum atomic E-state index is -0.143. The highest BCUT2D eigenvalue weighted by molar-refractivity contribution is 6.94. The van der Waals surface area contributed by atoms with E-state index in [9.17, 15) is 0 Å². The van der Waals surface area contributed by atoms with Gasteiger partial charge in [-0.05, 0) is 108 Å². The molecule has 0 unspecified atom stereocenters. The van der Waals surface area contributed by atoms with Gasteiger partial charge in [-0.1, -0.05) is 152 Å². The number of furan rings is 1. The Hall–Kier alpha value is -6.78. The topological polar surface area (TPSA) is 21.3 Å². The first kappa shape index (κ1) is 34.9. The molecule has 2 aliphatic heterocycles. The molecule has 0 atom stereocenters. The van der Waals surface area contributed by atoms with E-state index in [4.69, 9.17) is 4.42 Å². The van der Waals surface area contributed by atoms with E-state index in [2.05, 4.69) is 203 Å². The first-order valence-corrected chi connectivity index (χ1v) is 22.3. The van der Waals surface area contributed by atoms with Crippen molar-refractivity contribution in [3.63, 3.8) is 0 Å². The smallest absolute Gasteiger partial charge is 0.333 e. The summed E-state index contributed by atoms with van der Waals surface area (Å²) in [6.07, 6.45) is 0. The highest BCUT2D eigenvalue weighted by atomic mass is 16.3. The average Bonchev–Trinajstić information content (AvgIpc) is 3.95. The zero-order chi connectivity index (χ0) is 41.8. The summed E-state index contributed by atoms with van der Waals surface area (Å²) in [6, 6.07) is 55.8. The molecule has 0 fully saturated rings. The molecule has 4 heteroatoms. The third-order valence-electron chi connectivity index (χ3n) is 15.5. The second-order valence-electron chi connectivity index (χ2n) is 20.5. The minimum Gasteiger partial charge on any atom is -0.456 e. The lowest BCUT2D eigenvalue weighted by atomic mass is 9.44. The van der Waals surface area contributed by atoms with E-state index in [0.29, 0.717) is 0 Å². The first-order valence-electron chi connectivity index (χ1n) is 22.3. The first-order chi connectivity index (χ1) is 29.9. The molecule has 0 saturated heterocycles. The molecular formula is C58H45BN2O. The molecule has 0 N–H and O–H groups in total. The van der Waals surface area contributed by atoms with Gasteiger partial charge in [0.1, 0.15) is 11.2 Å². The van der Waals surface area contributed by atoms with E-state index < -0.39 is 0 Å². The summed E-state index contributed by atoms with van der Waals surface area (Å²) in [5.41, 5.74) is 25.4. The number of fused-ring (bicyclic) bond motifs is 18. The Morgan fingerprint density at radius 1 is 0.516 bits per heavy atom. The van der Waals surface area contributed by atoms with Crippen LogP contribution in [0.3, 0.4) is 0 Å². The number of anilines is 2. The van der Waals surface area contributed by atoms with Crippen molar-refractivity contribution >= 4 is 72.9 Å². The van der Waals surface area contributed by atoms with E-state index in [1.807, 2.05) is 0 Å². The normalized spacial score (nSPS) is 15.9. The summed E-state index contributed by atoms with van der Waals surface area (Å²) in [6.45, 7) is 16.4. The van der Waals surface area contributed by atoms with Gasteiger partial charge in [-0.15, -0.1) is 0 Å². The molecule has 2 aliphatic carbocycles. The van der Waals surface area contributed by atoms with Crippen molar-refractivity contribution in [1.82, 2.24) is 4.57 Å². The van der Waals surface area contributed by atoms with Crippen LogP contribution >= 0.6 is 0 Å². The van der Waals surface area contributed by atoms with E-state index in [0.717, 1.165) is 21.9 Å². The summed E-state index contributed by atoms with van der Waals surface area (Å²) < 4.78 is 9.34. The van der Waals surface area contributed by atoms with Crippen molar-refractivity contribution in [3.8, 4) is 39.1 Å². The van der Waals surface area contributed by atoms with Crippen LogP contribution in [-0.2, 0) is 16.2 Å². The van der Waals surface area contributed by atoms with E-state index >= 15 is 0 Å². The molecule has 4 aliphatic rings. The molecule has 2 aromatic heterocycles. The molecule has 10 aromatic rings. The number of aromatic nitrogens is 1. The molecule has 14 rings (SSSR count). The maximum atomic E-state index is 6.74. The van der Waals surface area contributed by atoms with Crippen molar-refractivity contribution in [2.45, 2.75) is 64.7 Å². The van der Waals surface area contributed by atoms with Gasteiger partial charge < -0.3 is 13.8 Å². The van der Waals surface area contributed by atoms with Crippen molar-refractivity contribution in [3.05, 3.63) is 173 Å². The van der Waals surface area contributed by atoms with Gasteiger partial charge in [-0.2, -0.15) is 0 Å². The summed E-state index contributed by atoms with van der Waals surface area (Å²) in [5.74, 6) is 0. The highest BCUT2D eigenvalue weighted by Gasteiger charge is 2.47. The number of rotatable bonds is 1. The molecule has 0 radical (unpaired) electrons. The van der Waals surface area contributed by atoms with Gasteiger partial charge in [0.05, 0.1) is 11.0 Å². The zero-order valence-electron chi connectivity index (χ0n) is 36.2. The Kier molecular flexibility index (Phi) is 6.29. The summed E-state index contributed by atoms with van der Waals surface area (Å²) in [7, 11) is 0. The van der Waals surface area contributed by atoms with E-state index in [1.54, 1.807) is 0 Å². The molecule has 62 heavy (non-hydrogen) atoms. The molecule has 0 saturated carbocycles. The number of para-hydroxylation sites is 1. The summed E-state index contributed by atoms with van der Waals surface area (Å²) in [5, 5.41) is 4.95. The number of hydrogen-bond donors (Lipinski definition) is 0. The van der Waals surface area contributed by atoms with Gasteiger partial charge in [0, 0.05) is 61.1 Å². The fourth-order valence-corrected chi connectivity index (χ4v) is 12.5. The summed E-state index contributed by atoms with van der Waals surface area (Å²) in [4.78, 5) is 2.69. The molecule has 4 heterocycles. The minimum absolute atomic E-state index is 0.0352. The van der Waals surface area contributed by atoms with Crippen LogP contribution in [0.4, 0.5) is 11.4 Å². The van der Waals surface area contributed by atoms with Crippen LogP contribution in [0.15, 0.2) is 150 Å². The fourth-order valence-electron chi connectivity index (χ4n) is 12.5. The number of benzene rings is 8. The number of nitrogens with zero attached hydrogens (tertiary/aromatic N) is 2. The predicted octanol–water partition coefficient (Wildman–Crippen LogP) is 13.8. The standard InChI is InChI=1S/C58H45BN2O/c1-56(2,3)32-20-22-33(23-21-32)61-48-30-45-39(34-14-8-11-17-42(34)58(45,6)7)28-40(48)36-24-25-38-53-47(27-26-44-52(53)37-16-9-12-18-43(37)57(44,4)5)60-49-31-51-41(35-15-10-13-19-50(35)62-51)29-46(49)59(61)54(36)55(38)60/h8-31H,1-7H3. The van der Waals surface area contributed by atoms with Gasteiger partial charge in [0.15, 0.2) is 0 Å². The van der Waals surface area contributed by atoms with E-state index in [1.165, 1.54) is 111 Å². The maximum Gasteiger partial charge on any atom is 0.333 e. The Morgan fingerprint density at radius 2 is 1.23 bits per heavy atom. The van der Waals surface area contributed by atoms with Gasteiger partial charge in [0.25, 0.3) is 0 Å². The van der Waals surface area contributed by atoms with Gasteiger partial charge >= 0.3 is 6.85 Å². The summed E-state index contributed by atoms with van der Waals surface area (Å²) >= 11 is 0. The third kappa shape index (κ3) is 4.10. The Balaban J connectivity index is 1.17. The van der Waals surface area contributed by atoms with Crippen molar-refractivity contribution in [2.24, 2.45) is 0 Å². The second-order valence-corrected chi connectivity index (χ2v) is 20.5. The molecule has 3 nitrogen and oxygen atoms in total. The maximum absolute atomic E-state index is 6.74. The third-order valence-corrected chi connectivity index (χ3v) is 15.5. The predicted molar refractivity (Wildman–Crippen MR) is 261 cm³/mol. The monoisotopic (exact) mass is 796 g/mol. The number of hydrogen-bond acceptors (Lipinski definition) is 2. The van der Waals surface area contributed by atoms with Crippen LogP contribution in [0.1, 0.15) is 76.3 Å².